The summed E-state index contributed by atoms with van der Waals surface area (Å²) in [6.45, 7) is 8.56. The molecule has 2 aromatic rings. The first kappa shape index (κ1) is 12.9. The maximum absolute atomic E-state index is 5.53. The van der Waals surface area contributed by atoms with Crippen LogP contribution in [0.3, 0.4) is 0 Å². The largest absolute Gasteiger partial charge is 0.464 e. The quantitative estimate of drug-likeness (QED) is 0.856. The van der Waals surface area contributed by atoms with E-state index in [9.17, 15) is 0 Å². The summed E-state index contributed by atoms with van der Waals surface area (Å²) in [7, 11) is 0. The second kappa shape index (κ2) is 5.87. The minimum atomic E-state index is 0.688. The van der Waals surface area contributed by atoms with Crippen LogP contribution in [0.5, 0.6) is 0 Å². The summed E-state index contributed by atoms with van der Waals surface area (Å²) in [4.78, 5) is 0. The molecule has 96 valence electrons. The predicted octanol–water partition coefficient (Wildman–Crippen LogP) is 4.08. The lowest BCUT2D eigenvalue weighted by Gasteiger charge is -2.07. The Morgan fingerprint density at radius 3 is 2.89 bits per heavy atom. The number of nitrogens with one attached hydrogen (secondary N) is 1. The Morgan fingerprint density at radius 2 is 2.11 bits per heavy atom. The molecule has 0 saturated carbocycles. The van der Waals surface area contributed by atoms with Crippen LogP contribution in [0.15, 0.2) is 40.5 Å². The fraction of sp³-hybridized carbons (Fsp3) is 0.375. The van der Waals surface area contributed by atoms with E-state index in [1.54, 1.807) is 0 Å². The number of benzene rings is 1. The number of rotatable bonds is 5. The molecular formula is C16H21NO. The Labute approximate surface area is 109 Å². The Bertz CT molecular complexity index is 537. The second-order valence-electron chi connectivity index (χ2n) is 5.20. The highest BCUT2D eigenvalue weighted by Crippen LogP contribution is 2.22. The van der Waals surface area contributed by atoms with Crippen LogP contribution in [0, 0.1) is 5.92 Å². The molecule has 2 nitrogen and oxygen atoms in total. The number of para-hydroxylation sites is 1. The summed E-state index contributed by atoms with van der Waals surface area (Å²) in [6, 6.07) is 8.14. The summed E-state index contributed by atoms with van der Waals surface area (Å²) < 4.78 is 5.53. The van der Waals surface area contributed by atoms with Gasteiger partial charge in [0.25, 0.3) is 0 Å². The van der Waals surface area contributed by atoms with Gasteiger partial charge in [0.05, 0.1) is 6.26 Å². The molecule has 0 radical (unpaired) electrons. The lowest BCUT2D eigenvalue weighted by Crippen LogP contribution is -2.21. The third-order valence-corrected chi connectivity index (χ3v) is 2.87. The molecule has 1 aromatic heterocycles. The van der Waals surface area contributed by atoms with E-state index in [0.29, 0.717) is 5.92 Å². The van der Waals surface area contributed by atoms with Crippen molar-refractivity contribution in [1.29, 1.82) is 0 Å². The Hall–Kier alpha value is -1.54. The van der Waals surface area contributed by atoms with E-state index in [-0.39, 0.29) is 0 Å². The zero-order valence-electron chi connectivity index (χ0n) is 11.4. The fourth-order valence-corrected chi connectivity index (χ4v) is 1.98. The van der Waals surface area contributed by atoms with Crippen molar-refractivity contribution < 1.29 is 4.42 Å². The molecular weight excluding hydrogens is 222 g/mol. The SMILES string of the molecule is C/C(=C\c1coc2ccccc12)CNCC(C)C. The van der Waals surface area contributed by atoms with Crippen molar-refractivity contribution in [3.8, 4) is 0 Å². The highest BCUT2D eigenvalue weighted by Gasteiger charge is 2.02. The molecule has 0 saturated heterocycles. The molecule has 0 unspecified atom stereocenters. The monoisotopic (exact) mass is 243 g/mol. The molecule has 0 atom stereocenters. The van der Waals surface area contributed by atoms with Gasteiger partial charge in [0, 0.05) is 17.5 Å². The average Bonchev–Trinajstić information content (AvgIpc) is 2.72. The molecule has 0 aliphatic heterocycles. The van der Waals surface area contributed by atoms with Crippen LogP contribution in [0.25, 0.3) is 17.0 Å². The van der Waals surface area contributed by atoms with Gasteiger partial charge < -0.3 is 9.73 Å². The first-order chi connectivity index (χ1) is 8.66. The molecule has 0 amide bonds. The van der Waals surface area contributed by atoms with Gasteiger partial charge in [-0.15, -0.1) is 0 Å². The van der Waals surface area contributed by atoms with Crippen LogP contribution in [-0.4, -0.2) is 13.1 Å². The van der Waals surface area contributed by atoms with Gasteiger partial charge in [0.1, 0.15) is 5.58 Å². The second-order valence-corrected chi connectivity index (χ2v) is 5.20. The molecule has 0 aliphatic carbocycles. The lowest BCUT2D eigenvalue weighted by atomic mass is 10.1. The van der Waals surface area contributed by atoms with Crippen molar-refractivity contribution in [3.63, 3.8) is 0 Å². The van der Waals surface area contributed by atoms with E-state index in [4.69, 9.17) is 4.42 Å². The molecule has 2 heteroatoms. The van der Waals surface area contributed by atoms with Crippen LogP contribution >= 0.6 is 0 Å². The molecule has 1 aromatic carbocycles. The highest BCUT2D eigenvalue weighted by atomic mass is 16.3. The molecule has 0 spiro atoms. The summed E-state index contributed by atoms with van der Waals surface area (Å²) in [5, 5.41) is 4.63. The van der Waals surface area contributed by atoms with Crippen molar-refractivity contribution in [2.24, 2.45) is 5.92 Å². The third kappa shape index (κ3) is 3.23. The Morgan fingerprint density at radius 1 is 1.33 bits per heavy atom. The van der Waals surface area contributed by atoms with Crippen molar-refractivity contribution in [2.45, 2.75) is 20.8 Å². The minimum Gasteiger partial charge on any atom is -0.464 e. The molecule has 2 rings (SSSR count). The van der Waals surface area contributed by atoms with Gasteiger partial charge in [-0.3, -0.25) is 0 Å². The van der Waals surface area contributed by atoms with E-state index < -0.39 is 0 Å². The first-order valence-electron chi connectivity index (χ1n) is 6.51. The van der Waals surface area contributed by atoms with Gasteiger partial charge in [-0.05, 0) is 25.5 Å². The number of hydrogen-bond acceptors (Lipinski definition) is 2. The number of hydrogen-bond donors (Lipinski definition) is 1. The molecule has 0 fully saturated rings. The third-order valence-electron chi connectivity index (χ3n) is 2.87. The molecule has 0 bridgehead atoms. The number of fused-ring (bicyclic) bond motifs is 1. The van der Waals surface area contributed by atoms with Crippen LogP contribution in [0.1, 0.15) is 26.3 Å². The zero-order valence-corrected chi connectivity index (χ0v) is 11.4. The topological polar surface area (TPSA) is 25.2 Å². The van der Waals surface area contributed by atoms with Gasteiger partial charge in [0.2, 0.25) is 0 Å². The van der Waals surface area contributed by atoms with E-state index in [1.807, 2.05) is 24.5 Å². The van der Waals surface area contributed by atoms with Gasteiger partial charge in [-0.25, -0.2) is 0 Å². The Kier molecular flexibility index (Phi) is 4.21. The van der Waals surface area contributed by atoms with Crippen molar-refractivity contribution in [3.05, 3.63) is 41.7 Å². The van der Waals surface area contributed by atoms with Crippen molar-refractivity contribution in [2.75, 3.05) is 13.1 Å². The molecule has 1 N–H and O–H groups in total. The van der Waals surface area contributed by atoms with Crippen LogP contribution in [-0.2, 0) is 0 Å². The highest BCUT2D eigenvalue weighted by molar-refractivity contribution is 5.87. The van der Waals surface area contributed by atoms with Gasteiger partial charge in [0.15, 0.2) is 0 Å². The standard InChI is InChI=1S/C16H21NO/c1-12(2)9-17-10-13(3)8-14-11-18-16-7-5-4-6-15(14)16/h4-8,11-12,17H,9-10H2,1-3H3/b13-8+. The molecule has 18 heavy (non-hydrogen) atoms. The smallest absolute Gasteiger partial charge is 0.134 e. The van der Waals surface area contributed by atoms with Crippen LogP contribution < -0.4 is 5.32 Å². The zero-order chi connectivity index (χ0) is 13.0. The van der Waals surface area contributed by atoms with E-state index in [0.717, 1.165) is 24.2 Å². The van der Waals surface area contributed by atoms with Gasteiger partial charge in [-0.1, -0.05) is 43.7 Å². The molecule has 1 heterocycles. The van der Waals surface area contributed by atoms with Gasteiger partial charge in [-0.2, -0.15) is 0 Å². The summed E-state index contributed by atoms with van der Waals surface area (Å²) in [6.07, 6.45) is 4.02. The number of furan rings is 1. The van der Waals surface area contributed by atoms with Crippen molar-refractivity contribution in [1.82, 2.24) is 5.32 Å². The summed E-state index contributed by atoms with van der Waals surface area (Å²) in [5.74, 6) is 0.688. The summed E-state index contributed by atoms with van der Waals surface area (Å²) >= 11 is 0. The normalized spacial score (nSPS) is 12.6. The maximum Gasteiger partial charge on any atom is 0.134 e. The van der Waals surface area contributed by atoms with E-state index in [2.05, 4.69) is 38.2 Å². The van der Waals surface area contributed by atoms with E-state index >= 15 is 0 Å². The molecule has 0 aliphatic rings. The van der Waals surface area contributed by atoms with Crippen LogP contribution in [0.4, 0.5) is 0 Å². The Balaban J connectivity index is 2.07. The van der Waals surface area contributed by atoms with Crippen molar-refractivity contribution >= 4 is 17.0 Å². The average molecular weight is 243 g/mol. The first-order valence-corrected chi connectivity index (χ1v) is 6.51. The van der Waals surface area contributed by atoms with Gasteiger partial charge >= 0.3 is 0 Å². The lowest BCUT2D eigenvalue weighted by molar-refractivity contribution is 0.572. The minimum absolute atomic E-state index is 0.688. The van der Waals surface area contributed by atoms with E-state index in [1.165, 1.54) is 11.0 Å². The predicted molar refractivity (Wildman–Crippen MR) is 77.6 cm³/mol. The fourth-order valence-electron chi connectivity index (χ4n) is 1.98. The van der Waals surface area contributed by atoms with Crippen LogP contribution in [0.2, 0.25) is 0 Å². The summed E-state index contributed by atoms with van der Waals surface area (Å²) in [5.41, 5.74) is 3.43. The maximum atomic E-state index is 5.53.